The Morgan fingerprint density at radius 3 is 2.64 bits per heavy atom. The number of benzene rings is 1. The highest BCUT2D eigenvalue weighted by molar-refractivity contribution is 5.54. The van der Waals surface area contributed by atoms with Crippen molar-refractivity contribution < 1.29 is 4.48 Å². The second kappa shape index (κ2) is 2.99. The Labute approximate surface area is 85.9 Å². The van der Waals surface area contributed by atoms with Gasteiger partial charge in [-0.3, -0.25) is 0 Å². The number of nitrogen functional groups attached to an aromatic ring is 1. The standard InChI is InChI=1S/C12H19N2/c1-14(2,3)11-8-7-9-5-4-6-10(13)12(9)11/h4-6,11H,7-8,13H2,1-3H3/q+1. The van der Waals surface area contributed by atoms with E-state index in [1.165, 1.54) is 24.0 Å². The summed E-state index contributed by atoms with van der Waals surface area (Å²) in [6.07, 6.45) is 2.41. The topological polar surface area (TPSA) is 26.0 Å². The lowest BCUT2D eigenvalue weighted by atomic mass is 10.0. The van der Waals surface area contributed by atoms with E-state index >= 15 is 0 Å². The minimum Gasteiger partial charge on any atom is -0.398 e. The SMILES string of the molecule is C[N+](C)(C)C1CCc2cccc(N)c21. The normalized spacial score (nSPS) is 20.9. The molecule has 76 valence electrons. The molecule has 0 spiro atoms. The molecule has 0 amide bonds. The van der Waals surface area contributed by atoms with Crippen LogP contribution in [0, 0.1) is 0 Å². The number of quaternary nitrogens is 1. The van der Waals surface area contributed by atoms with Crippen LogP contribution in [0.4, 0.5) is 5.69 Å². The maximum absolute atomic E-state index is 6.05. The van der Waals surface area contributed by atoms with E-state index in [1.807, 2.05) is 6.07 Å². The molecule has 0 saturated heterocycles. The van der Waals surface area contributed by atoms with Gasteiger partial charge in [0, 0.05) is 17.7 Å². The van der Waals surface area contributed by atoms with Crippen LogP contribution in [0.15, 0.2) is 18.2 Å². The van der Waals surface area contributed by atoms with Crippen LogP contribution in [-0.4, -0.2) is 25.6 Å². The van der Waals surface area contributed by atoms with Crippen molar-refractivity contribution in [3.63, 3.8) is 0 Å². The third kappa shape index (κ3) is 1.40. The number of nitrogens with zero attached hydrogens (tertiary/aromatic N) is 1. The van der Waals surface area contributed by atoms with Gasteiger partial charge in [-0.15, -0.1) is 0 Å². The summed E-state index contributed by atoms with van der Waals surface area (Å²) in [4.78, 5) is 0. The molecule has 1 unspecified atom stereocenters. The van der Waals surface area contributed by atoms with Gasteiger partial charge in [-0.2, -0.15) is 0 Å². The van der Waals surface area contributed by atoms with Crippen molar-refractivity contribution in [1.29, 1.82) is 0 Å². The zero-order valence-corrected chi connectivity index (χ0v) is 9.25. The third-order valence-corrected chi connectivity index (χ3v) is 3.19. The highest BCUT2D eigenvalue weighted by atomic mass is 15.3. The molecule has 0 bridgehead atoms. The Kier molecular flexibility index (Phi) is 2.04. The first-order valence-electron chi connectivity index (χ1n) is 5.18. The molecule has 0 saturated carbocycles. The first kappa shape index (κ1) is 9.53. The quantitative estimate of drug-likeness (QED) is 0.533. The molecule has 0 aliphatic heterocycles. The van der Waals surface area contributed by atoms with E-state index in [0.29, 0.717) is 6.04 Å². The molecule has 2 nitrogen and oxygen atoms in total. The number of hydrogen-bond donors (Lipinski definition) is 1. The number of hydrogen-bond acceptors (Lipinski definition) is 1. The summed E-state index contributed by atoms with van der Waals surface area (Å²) in [5.41, 5.74) is 9.86. The summed E-state index contributed by atoms with van der Waals surface area (Å²) in [5, 5.41) is 0. The van der Waals surface area contributed by atoms with Crippen LogP contribution in [0.25, 0.3) is 0 Å². The average molecular weight is 191 g/mol. The van der Waals surface area contributed by atoms with Gasteiger partial charge in [0.1, 0.15) is 6.04 Å². The van der Waals surface area contributed by atoms with E-state index in [0.717, 1.165) is 10.2 Å². The highest BCUT2D eigenvalue weighted by Crippen LogP contribution is 2.40. The van der Waals surface area contributed by atoms with Gasteiger partial charge in [0.05, 0.1) is 21.1 Å². The second-order valence-corrected chi connectivity index (χ2v) is 5.09. The van der Waals surface area contributed by atoms with Crippen molar-refractivity contribution in [2.75, 3.05) is 26.9 Å². The Morgan fingerprint density at radius 2 is 2.00 bits per heavy atom. The van der Waals surface area contributed by atoms with Crippen LogP contribution < -0.4 is 5.73 Å². The molecular weight excluding hydrogens is 172 g/mol. The molecule has 2 N–H and O–H groups in total. The molecule has 14 heavy (non-hydrogen) atoms. The largest absolute Gasteiger partial charge is 0.398 e. The second-order valence-electron chi connectivity index (χ2n) is 5.09. The average Bonchev–Trinajstić information content (AvgIpc) is 2.47. The molecule has 1 aliphatic carbocycles. The predicted molar refractivity (Wildman–Crippen MR) is 59.9 cm³/mol. The minimum atomic E-state index is 0.575. The van der Waals surface area contributed by atoms with E-state index in [9.17, 15) is 0 Å². The zero-order chi connectivity index (χ0) is 10.3. The highest BCUT2D eigenvalue weighted by Gasteiger charge is 2.34. The van der Waals surface area contributed by atoms with E-state index in [4.69, 9.17) is 5.73 Å². The number of nitrogens with two attached hydrogens (primary N) is 1. The molecule has 1 aliphatic rings. The molecule has 1 aromatic carbocycles. The number of rotatable bonds is 1. The summed E-state index contributed by atoms with van der Waals surface area (Å²) >= 11 is 0. The zero-order valence-electron chi connectivity index (χ0n) is 9.25. The summed E-state index contributed by atoms with van der Waals surface area (Å²) in [5.74, 6) is 0. The summed E-state index contributed by atoms with van der Waals surface area (Å²) in [6.45, 7) is 0. The maximum atomic E-state index is 6.05. The Balaban J connectivity index is 2.48. The monoisotopic (exact) mass is 191 g/mol. The van der Waals surface area contributed by atoms with E-state index < -0.39 is 0 Å². The smallest absolute Gasteiger partial charge is 0.117 e. The predicted octanol–water partition coefficient (Wildman–Crippen LogP) is 1.96. The van der Waals surface area contributed by atoms with Gasteiger partial charge in [0.2, 0.25) is 0 Å². The van der Waals surface area contributed by atoms with Crippen LogP contribution in [-0.2, 0) is 6.42 Å². The van der Waals surface area contributed by atoms with Gasteiger partial charge in [-0.1, -0.05) is 12.1 Å². The van der Waals surface area contributed by atoms with Crippen LogP contribution in [0.2, 0.25) is 0 Å². The van der Waals surface area contributed by atoms with Gasteiger partial charge in [0.25, 0.3) is 0 Å². The first-order chi connectivity index (χ1) is 6.50. The van der Waals surface area contributed by atoms with Crippen molar-refractivity contribution in [2.45, 2.75) is 18.9 Å². The van der Waals surface area contributed by atoms with E-state index in [2.05, 4.69) is 33.3 Å². The maximum Gasteiger partial charge on any atom is 0.117 e. The molecular formula is C12H19N2+. The fourth-order valence-corrected chi connectivity index (χ4v) is 2.47. The van der Waals surface area contributed by atoms with E-state index in [-0.39, 0.29) is 0 Å². The minimum absolute atomic E-state index is 0.575. The lowest BCUT2D eigenvalue weighted by molar-refractivity contribution is -0.901. The molecule has 0 fully saturated rings. The van der Waals surface area contributed by atoms with Crippen molar-refractivity contribution in [3.05, 3.63) is 29.3 Å². The number of aryl methyl sites for hydroxylation is 1. The fraction of sp³-hybridized carbons (Fsp3) is 0.500. The van der Waals surface area contributed by atoms with Crippen molar-refractivity contribution in [3.8, 4) is 0 Å². The van der Waals surface area contributed by atoms with Crippen LogP contribution in [0.3, 0.4) is 0 Å². The van der Waals surface area contributed by atoms with Gasteiger partial charge in [-0.25, -0.2) is 0 Å². The molecule has 0 radical (unpaired) electrons. The van der Waals surface area contributed by atoms with Crippen molar-refractivity contribution in [2.24, 2.45) is 0 Å². The van der Waals surface area contributed by atoms with Crippen LogP contribution in [0.1, 0.15) is 23.6 Å². The Bertz CT molecular complexity index is 350. The third-order valence-electron chi connectivity index (χ3n) is 3.19. The molecule has 0 heterocycles. The lowest BCUT2D eigenvalue weighted by Gasteiger charge is -2.32. The molecule has 2 heteroatoms. The summed E-state index contributed by atoms with van der Waals surface area (Å²) in [6, 6.07) is 6.87. The molecule has 1 aromatic rings. The molecule has 1 atom stereocenters. The molecule has 0 aromatic heterocycles. The van der Waals surface area contributed by atoms with Gasteiger partial charge in [0.15, 0.2) is 0 Å². The van der Waals surface area contributed by atoms with Crippen LogP contribution in [0.5, 0.6) is 0 Å². The van der Waals surface area contributed by atoms with Crippen molar-refractivity contribution >= 4 is 5.69 Å². The van der Waals surface area contributed by atoms with Gasteiger partial charge >= 0.3 is 0 Å². The summed E-state index contributed by atoms with van der Waals surface area (Å²) in [7, 11) is 6.73. The van der Waals surface area contributed by atoms with Crippen molar-refractivity contribution in [1.82, 2.24) is 0 Å². The Morgan fingerprint density at radius 1 is 1.29 bits per heavy atom. The number of fused-ring (bicyclic) bond motifs is 1. The Hall–Kier alpha value is -1.02. The van der Waals surface area contributed by atoms with Crippen LogP contribution >= 0.6 is 0 Å². The van der Waals surface area contributed by atoms with E-state index in [1.54, 1.807) is 0 Å². The summed E-state index contributed by atoms with van der Waals surface area (Å²) < 4.78 is 0.973. The fourth-order valence-electron chi connectivity index (χ4n) is 2.47. The van der Waals surface area contributed by atoms with Gasteiger partial charge < -0.3 is 10.2 Å². The van der Waals surface area contributed by atoms with Gasteiger partial charge in [-0.05, 0) is 18.1 Å². The number of anilines is 1. The first-order valence-corrected chi connectivity index (χ1v) is 5.18. The lowest BCUT2D eigenvalue weighted by Crippen LogP contribution is -2.37. The molecule has 2 rings (SSSR count).